The Hall–Kier alpha value is -1.36. The fraction of sp³-hybridized carbons (Fsp3) is 0.917. The van der Waals surface area contributed by atoms with Gasteiger partial charge in [0.05, 0.1) is 38.8 Å². The van der Waals surface area contributed by atoms with Gasteiger partial charge in [0.25, 0.3) is 0 Å². The molecule has 0 spiro atoms. The highest BCUT2D eigenvalue weighted by Gasteiger charge is 2.53. The standard InChI is InChI=1S/C48H93N3O6/c1-4-6-8-10-12-14-16-18-20-22-24-26-28-32-37-51(3,38-33-29-27-25-23-21-19-17-15-13-11-9-7-5-2)39-35-48(57)44(45(53)42(50)34-30-31-36-49)41(47(55)56)40-43(52)46(48)54/h42-43,46,52,54,57H,4-40,49-50H2,1-3H3/p+1/t42-,43?,46?,48?/m0/s1. The quantitative estimate of drug-likeness (QED) is 0.0263. The maximum absolute atomic E-state index is 13.8. The number of rotatable bonds is 40. The number of carbonyl (C=O) groups excluding carboxylic acids is 1. The minimum absolute atomic E-state index is 0.0354. The highest BCUT2D eigenvalue weighted by atomic mass is 16.4. The van der Waals surface area contributed by atoms with Crippen LogP contribution in [0.15, 0.2) is 11.1 Å². The summed E-state index contributed by atoms with van der Waals surface area (Å²) >= 11 is 0. The Balaban J connectivity index is 2.82. The van der Waals surface area contributed by atoms with Crippen molar-refractivity contribution in [3.63, 3.8) is 0 Å². The van der Waals surface area contributed by atoms with Crippen molar-refractivity contribution < 1.29 is 34.5 Å². The monoisotopic (exact) mass is 809 g/mol. The molecule has 1 aliphatic carbocycles. The first kappa shape index (κ1) is 53.7. The number of nitrogens with zero attached hydrogens (tertiary/aromatic N) is 1. The van der Waals surface area contributed by atoms with E-state index in [1.165, 1.54) is 154 Å². The molecule has 9 nitrogen and oxygen atoms in total. The third-order valence-electron chi connectivity index (χ3n) is 12.9. The average Bonchev–Trinajstić information content (AvgIpc) is 3.19. The number of carboxylic acids is 1. The van der Waals surface area contributed by atoms with Crippen molar-refractivity contribution >= 4 is 11.8 Å². The normalized spacial score (nSPS) is 19.4. The van der Waals surface area contributed by atoms with Crippen molar-refractivity contribution in [2.45, 2.75) is 250 Å². The highest BCUT2D eigenvalue weighted by molar-refractivity contribution is 6.07. The van der Waals surface area contributed by atoms with Gasteiger partial charge < -0.3 is 36.4 Å². The zero-order valence-electron chi connectivity index (χ0n) is 37.6. The van der Waals surface area contributed by atoms with Gasteiger partial charge in [-0.2, -0.15) is 0 Å². The highest BCUT2D eigenvalue weighted by Crippen LogP contribution is 2.39. The maximum atomic E-state index is 13.8. The van der Waals surface area contributed by atoms with E-state index in [2.05, 4.69) is 20.9 Å². The van der Waals surface area contributed by atoms with Gasteiger partial charge in [0.15, 0.2) is 5.78 Å². The van der Waals surface area contributed by atoms with Gasteiger partial charge in [-0.25, -0.2) is 4.79 Å². The second-order valence-electron chi connectivity index (χ2n) is 18.3. The molecule has 1 rings (SSSR count). The number of hydrogen-bond acceptors (Lipinski definition) is 7. The Bertz CT molecular complexity index is 1020. The number of carboxylic acid groups (broad SMARTS) is 1. The first-order chi connectivity index (χ1) is 27.5. The lowest BCUT2D eigenvalue weighted by atomic mass is 9.70. The second-order valence-corrected chi connectivity index (χ2v) is 18.3. The summed E-state index contributed by atoms with van der Waals surface area (Å²) < 4.78 is 0.661. The number of ketones is 1. The Morgan fingerprint density at radius 1 is 0.632 bits per heavy atom. The van der Waals surface area contributed by atoms with Crippen LogP contribution in [0.3, 0.4) is 0 Å². The zero-order valence-corrected chi connectivity index (χ0v) is 37.6. The largest absolute Gasteiger partial charge is 0.478 e. The van der Waals surface area contributed by atoms with Crippen LogP contribution in [-0.2, 0) is 9.59 Å². The summed E-state index contributed by atoms with van der Waals surface area (Å²) in [4.78, 5) is 26.2. The summed E-state index contributed by atoms with van der Waals surface area (Å²) in [7, 11) is 2.20. The van der Waals surface area contributed by atoms with E-state index in [1.807, 2.05) is 0 Å². The summed E-state index contributed by atoms with van der Waals surface area (Å²) in [6, 6.07) is -1.03. The average molecular weight is 809 g/mol. The summed E-state index contributed by atoms with van der Waals surface area (Å²) in [5.74, 6) is -2.04. The number of hydrogen-bond donors (Lipinski definition) is 6. The van der Waals surface area contributed by atoms with Crippen LogP contribution < -0.4 is 11.5 Å². The molecular weight excluding hydrogens is 715 g/mol. The molecule has 0 aromatic carbocycles. The molecule has 1 aliphatic rings. The van der Waals surface area contributed by atoms with Gasteiger partial charge in [-0.3, -0.25) is 4.79 Å². The van der Waals surface area contributed by atoms with Gasteiger partial charge in [0.2, 0.25) is 0 Å². The van der Waals surface area contributed by atoms with Gasteiger partial charge in [-0.15, -0.1) is 0 Å². The molecule has 0 saturated carbocycles. The lowest BCUT2D eigenvalue weighted by Crippen LogP contribution is -2.60. The van der Waals surface area contributed by atoms with E-state index in [0.717, 1.165) is 38.8 Å². The van der Waals surface area contributed by atoms with E-state index < -0.39 is 42.0 Å². The number of Topliss-reactive ketones (excluding diaryl/α,β-unsaturated/α-hetero) is 1. The van der Waals surface area contributed by atoms with Crippen molar-refractivity contribution in [1.82, 2.24) is 0 Å². The van der Waals surface area contributed by atoms with Crippen LogP contribution in [-0.4, -0.2) is 93.7 Å². The summed E-state index contributed by atoms with van der Waals surface area (Å²) in [6.07, 6.45) is 34.2. The Morgan fingerprint density at radius 2 is 1.00 bits per heavy atom. The molecule has 0 aliphatic heterocycles. The van der Waals surface area contributed by atoms with Crippen molar-refractivity contribution in [2.75, 3.05) is 33.2 Å². The Morgan fingerprint density at radius 3 is 1.35 bits per heavy atom. The molecule has 0 aromatic rings. The van der Waals surface area contributed by atoms with E-state index >= 15 is 0 Å². The molecule has 57 heavy (non-hydrogen) atoms. The molecule has 0 amide bonds. The van der Waals surface area contributed by atoms with Crippen LogP contribution in [0.4, 0.5) is 0 Å². The number of quaternary nitrogens is 1. The third kappa shape index (κ3) is 23.3. The number of aliphatic hydroxyl groups excluding tert-OH is 2. The topological polar surface area (TPSA) is 167 Å². The van der Waals surface area contributed by atoms with Crippen molar-refractivity contribution in [2.24, 2.45) is 11.5 Å². The van der Waals surface area contributed by atoms with Gasteiger partial charge in [-0.05, 0) is 45.1 Å². The van der Waals surface area contributed by atoms with Crippen LogP contribution in [0, 0.1) is 0 Å². The number of nitrogens with two attached hydrogens (primary N) is 2. The lowest BCUT2D eigenvalue weighted by Gasteiger charge is -2.44. The maximum Gasteiger partial charge on any atom is 0.332 e. The SMILES string of the molecule is CCCCCCCCCCCCCCCC[N+](C)(CCCCCCCCCCCCCCCC)CCC1(O)C(C(=O)[C@@H](N)CCCCN)=C(C(=O)O)CC(O)C1O. The van der Waals surface area contributed by atoms with E-state index in [1.54, 1.807) is 0 Å². The minimum atomic E-state index is -2.21. The summed E-state index contributed by atoms with van der Waals surface area (Å²) in [5.41, 5.74) is 9.05. The zero-order chi connectivity index (χ0) is 42.2. The molecular formula is C48H94N3O6+. The first-order valence-corrected chi connectivity index (χ1v) is 24.4. The van der Waals surface area contributed by atoms with Gasteiger partial charge in [0, 0.05) is 24.0 Å². The molecule has 0 saturated heterocycles. The van der Waals surface area contributed by atoms with Crippen molar-refractivity contribution in [3.8, 4) is 0 Å². The molecule has 8 N–H and O–H groups in total. The summed E-state index contributed by atoms with van der Waals surface area (Å²) in [6.45, 7) is 7.24. The van der Waals surface area contributed by atoms with Gasteiger partial charge >= 0.3 is 5.97 Å². The van der Waals surface area contributed by atoms with Crippen molar-refractivity contribution in [1.29, 1.82) is 0 Å². The van der Waals surface area contributed by atoms with E-state index in [0.29, 0.717) is 36.8 Å². The number of carbonyl (C=O) groups is 2. The second kappa shape index (κ2) is 33.4. The van der Waals surface area contributed by atoms with E-state index in [9.17, 15) is 30.0 Å². The fourth-order valence-electron chi connectivity index (χ4n) is 8.96. The van der Waals surface area contributed by atoms with Crippen molar-refractivity contribution in [3.05, 3.63) is 11.1 Å². The number of unbranched alkanes of at least 4 members (excludes halogenated alkanes) is 27. The molecule has 0 aromatic heterocycles. The predicted molar refractivity (Wildman–Crippen MR) is 238 cm³/mol. The van der Waals surface area contributed by atoms with E-state index in [-0.39, 0.29) is 17.6 Å². The molecule has 9 heteroatoms. The molecule has 336 valence electrons. The van der Waals surface area contributed by atoms with Crippen LogP contribution in [0.1, 0.15) is 226 Å². The molecule has 3 unspecified atom stereocenters. The molecule has 0 heterocycles. The van der Waals surface area contributed by atoms with Crippen LogP contribution in [0.5, 0.6) is 0 Å². The lowest BCUT2D eigenvalue weighted by molar-refractivity contribution is -0.910. The van der Waals surface area contributed by atoms with Gasteiger partial charge in [-0.1, -0.05) is 174 Å². The molecule has 4 atom stereocenters. The molecule has 0 radical (unpaired) electrons. The summed E-state index contributed by atoms with van der Waals surface area (Å²) in [5, 5.41) is 44.4. The number of aliphatic hydroxyl groups is 3. The third-order valence-corrected chi connectivity index (χ3v) is 12.9. The Kier molecular flexibility index (Phi) is 31.4. The molecule has 0 fully saturated rings. The number of aliphatic carboxylic acids is 1. The van der Waals surface area contributed by atoms with Gasteiger partial charge in [0.1, 0.15) is 11.7 Å². The molecule has 0 bridgehead atoms. The fourth-order valence-corrected chi connectivity index (χ4v) is 8.96. The van der Waals surface area contributed by atoms with Crippen LogP contribution in [0.2, 0.25) is 0 Å². The Labute approximate surface area is 350 Å². The first-order valence-electron chi connectivity index (χ1n) is 24.4. The smallest absolute Gasteiger partial charge is 0.332 e. The minimum Gasteiger partial charge on any atom is -0.478 e. The predicted octanol–water partition coefficient (Wildman–Crippen LogP) is 10.0. The van der Waals surface area contributed by atoms with Crippen LogP contribution >= 0.6 is 0 Å². The van der Waals surface area contributed by atoms with Crippen LogP contribution in [0.25, 0.3) is 0 Å². The van der Waals surface area contributed by atoms with E-state index in [4.69, 9.17) is 11.5 Å².